The van der Waals surface area contributed by atoms with E-state index in [0.717, 1.165) is 0 Å². The molecule has 4 nitrogen and oxygen atoms in total. The Hall–Kier alpha value is -1.16. The highest BCUT2D eigenvalue weighted by Crippen LogP contribution is 1.85. The van der Waals surface area contributed by atoms with Gasteiger partial charge >= 0.3 is 5.97 Å². The lowest BCUT2D eigenvalue weighted by Crippen LogP contribution is -2.36. The first-order chi connectivity index (χ1) is 5.07. The van der Waals surface area contributed by atoms with Gasteiger partial charge in [0.2, 0.25) is 0 Å². The summed E-state index contributed by atoms with van der Waals surface area (Å²) in [6.07, 6.45) is 1.38. The number of carbonyl (C=O) groups excluding carboxylic acids is 1. The quantitative estimate of drug-likeness (QED) is 0.542. The van der Waals surface area contributed by atoms with Crippen molar-refractivity contribution in [1.29, 1.82) is 0 Å². The second-order valence-corrected chi connectivity index (χ2v) is 2.10. The van der Waals surface area contributed by atoms with E-state index in [1.807, 2.05) is 0 Å². The van der Waals surface area contributed by atoms with Gasteiger partial charge in [-0.1, -0.05) is 6.08 Å². The molecule has 0 saturated carbocycles. The van der Waals surface area contributed by atoms with Crippen molar-refractivity contribution in [2.75, 3.05) is 6.54 Å². The van der Waals surface area contributed by atoms with Gasteiger partial charge in [0.05, 0.1) is 12.6 Å². The molecule has 4 heteroatoms. The van der Waals surface area contributed by atoms with Crippen molar-refractivity contribution in [2.45, 2.75) is 13.0 Å². The molecule has 11 heavy (non-hydrogen) atoms. The van der Waals surface area contributed by atoms with Gasteiger partial charge in [-0.05, 0) is 6.92 Å². The average molecular weight is 157 g/mol. The third-order valence-corrected chi connectivity index (χ3v) is 1.15. The first kappa shape index (κ1) is 9.84. The van der Waals surface area contributed by atoms with E-state index in [2.05, 4.69) is 11.9 Å². The van der Waals surface area contributed by atoms with E-state index in [0.29, 0.717) is 0 Å². The van der Waals surface area contributed by atoms with Gasteiger partial charge in [-0.25, -0.2) is 0 Å². The Balaban J connectivity index is 3.79. The number of nitrogens with one attached hydrogen (secondary N) is 1. The third kappa shape index (κ3) is 4.27. The van der Waals surface area contributed by atoms with Crippen molar-refractivity contribution in [3.8, 4) is 0 Å². The summed E-state index contributed by atoms with van der Waals surface area (Å²) in [6.45, 7) is 4.53. The topological polar surface area (TPSA) is 66.4 Å². The van der Waals surface area contributed by atoms with E-state index in [1.165, 1.54) is 13.0 Å². The van der Waals surface area contributed by atoms with Crippen molar-refractivity contribution in [2.24, 2.45) is 0 Å². The Kier molecular flexibility index (Phi) is 4.14. The van der Waals surface area contributed by atoms with Crippen LogP contribution in [0.25, 0.3) is 0 Å². The van der Waals surface area contributed by atoms with Crippen LogP contribution in [0, 0.1) is 0 Å². The summed E-state index contributed by atoms with van der Waals surface area (Å²) >= 11 is 0. The van der Waals surface area contributed by atoms with Gasteiger partial charge < -0.3 is 5.11 Å². The molecule has 0 amide bonds. The van der Waals surface area contributed by atoms with Gasteiger partial charge in [0.15, 0.2) is 5.78 Å². The molecule has 1 unspecified atom stereocenters. The number of ketones is 1. The van der Waals surface area contributed by atoms with Crippen LogP contribution in [0.5, 0.6) is 0 Å². The van der Waals surface area contributed by atoms with Gasteiger partial charge in [-0.15, -0.1) is 6.58 Å². The van der Waals surface area contributed by atoms with E-state index in [-0.39, 0.29) is 12.3 Å². The smallest absolute Gasteiger partial charge is 0.317 e. The number of carboxylic acids is 1. The van der Waals surface area contributed by atoms with E-state index >= 15 is 0 Å². The Labute approximate surface area is 64.9 Å². The first-order valence-corrected chi connectivity index (χ1v) is 3.16. The van der Waals surface area contributed by atoms with Crippen molar-refractivity contribution >= 4 is 11.8 Å². The minimum absolute atomic E-state index is 0.138. The summed E-state index contributed by atoms with van der Waals surface area (Å²) in [5, 5.41) is 10.7. The fraction of sp³-hybridized carbons (Fsp3) is 0.429. The number of aliphatic carboxylic acids is 1. The Morgan fingerprint density at radius 3 is 2.55 bits per heavy atom. The second-order valence-electron chi connectivity index (χ2n) is 2.10. The molecule has 0 saturated heterocycles. The molecule has 0 aromatic heterocycles. The van der Waals surface area contributed by atoms with Crippen molar-refractivity contribution in [3.63, 3.8) is 0 Å². The van der Waals surface area contributed by atoms with E-state index in [4.69, 9.17) is 5.11 Å². The van der Waals surface area contributed by atoms with Crippen LogP contribution in [0.15, 0.2) is 12.7 Å². The van der Waals surface area contributed by atoms with Crippen LogP contribution in [0.1, 0.15) is 6.92 Å². The minimum atomic E-state index is -0.988. The van der Waals surface area contributed by atoms with Crippen molar-refractivity contribution in [1.82, 2.24) is 5.32 Å². The van der Waals surface area contributed by atoms with Gasteiger partial charge in [-0.2, -0.15) is 0 Å². The predicted molar refractivity (Wildman–Crippen MR) is 40.3 cm³/mol. The number of carbonyl (C=O) groups is 2. The van der Waals surface area contributed by atoms with Gasteiger partial charge in [0.25, 0.3) is 0 Å². The highest BCUT2D eigenvalue weighted by molar-refractivity contribution is 5.84. The maximum Gasteiger partial charge on any atom is 0.317 e. The monoisotopic (exact) mass is 157 g/mol. The van der Waals surface area contributed by atoms with Crippen molar-refractivity contribution in [3.05, 3.63) is 12.7 Å². The summed E-state index contributed by atoms with van der Waals surface area (Å²) < 4.78 is 0. The zero-order valence-electron chi connectivity index (χ0n) is 6.33. The van der Waals surface area contributed by atoms with Crippen LogP contribution >= 0.6 is 0 Å². The summed E-state index contributed by atoms with van der Waals surface area (Å²) in [6, 6.07) is -0.550. The summed E-state index contributed by atoms with van der Waals surface area (Å²) in [5.74, 6) is -1.13. The van der Waals surface area contributed by atoms with Crippen LogP contribution in [-0.2, 0) is 9.59 Å². The predicted octanol–water partition coefficient (Wildman–Crippen LogP) is -0.196. The summed E-state index contributed by atoms with van der Waals surface area (Å²) in [7, 11) is 0. The molecule has 0 fully saturated rings. The molecule has 0 aromatic carbocycles. The SMILES string of the molecule is C=CC(NCC(=O)O)C(C)=O. The number of carboxylic acid groups (broad SMARTS) is 1. The van der Waals surface area contributed by atoms with Gasteiger partial charge in [-0.3, -0.25) is 14.9 Å². The number of hydrogen-bond donors (Lipinski definition) is 2. The number of rotatable bonds is 5. The number of Topliss-reactive ketones (excluding diaryl/α,β-unsaturated/α-hetero) is 1. The highest BCUT2D eigenvalue weighted by Gasteiger charge is 2.09. The number of hydrogen-bond acceptors (Lipinski definition) is 3. The molecule has 0 aliphatic rings. The maximum atomic E-state index is 10.7. The zero-order valence-corrected chi connectivity index (χ0v) is 6.33. The lowest BCUT2D eigenvalue weighted by molar-refractivity contribution is -0.136. The second kappa shape index (κ2) is 4.62. The molecule has 0 heterocycles. The molecule has 0 aromatic rings. The summed E-state index contributed by atoms with van der Waals surface area (Å²) in [5.41, 5.74) is 0. The molecular formula is C7H11NO3. The highest BCUT2D eigenvalue weighted by atomic mass is 16.4. The van der Waals surface area contributed by atoms with Crippen LogP contribution < -0.4 is 5.32 Å². The lowest BCUT2D eigenvalue weighted by Gasteiger charge is -2.07. The normalized spacial score (nSPS) is 12.1. The molecule has 1 atom stereocenters. The van der Waals surface area contributed by atoms with E-state index < -0.39 is 12.0 Å². The molecule has 0 spiro atoms. The van der Waals surface area contributed by atoms with Crippen LogP contribution in [0.4, 0.5) is 0 Å². The third-order valence-electron chi connectivity index (χ3n) is 1.15. The van der Waals surface area contributed by atoms with Crippen LogP contribution in [0.3, 0.4) is 0 Å². The van der Waals surface area contributed by atoms with E-state index in [9.17, 15) is 9.59 Å². The van der Waals surface area contributed by atoms with E-state index in [1.54, 1.807) is 0 Å². The molecule has 0 radical (unpaired) electrons. The van der Waals surface area contributed by atoms with Crippen LogP contribution in [0.2, 0.25) is 0 Å². The lowest BCUT2D eigenvalue weighted by atomic mass is 10.2. The molecular weight excluding hydrogens is 146 g/mol. The summed E-state index contributed by atoms with van der Waals surface area (Å²) in [4.78, 5) is 20.7. The largest absolute Gasteiger partial charge is 0.480 e. The Morgan fingerprint density at radius 1 is 1.73 bits per heavy atom. The van der Waals surface area contributed by atoms with Crippen molar-refractivity contribution < 1.29 is 14.7 Å². The molecule has 2 N–H and O–H groups in total. The maximum absolute atomic E-state index is 10.7. The van der Waals surface area contributed by atoms with Gasteiger partial charge in [0.1, 0.15) is 0 Å². The first-order valence-electron chi connectivity index (χ1n) is 3.16. The van der Waals surface area contributed by atoms with Gasteiger partial charge in [0, 0.05) is 0 Å². The standard InChI is InChI=1S/C7H11NO3/c1-3-6(5(2)9)8-4-7(10)11/h3,6,8H,1,4H2,2H3,(H,10,11). The minimum Gasteiger partial charge on any atom is -0.480 e. The average Bonchev–Trinajstić information content (AvgIpc) is 1.87. The molecule has 0 aliphatic heterocycles. The molecule has 0 aliphatic carbocycles. The Bertz CT molecular complexity index is 177. The zero-order chi connectivity index (χ0) is 8.85. The molecule has 0 rings (SSSR count). The Morgan fingerprint density at radius 2 is 2.27 bits per heavy atom. The van der Waals surface area contributed by atoms with Crippen LogP contribution in [-0.4, -0.2) is 29.4 Å². The molecule has 62 valence electrons. The fourth-order valence-electron chi connectivity index (χ4n) is 0.590. The fourth-order valence-corrected chi connectivity index (χ4v) is 0.590. The molecule has 0 bridgehead atoms.